The van der Waals surface area contributed by atoms with E-state index in [-0.39, 0.29) is 0 Å². The van der Waals surface area contributed by atoms with Gasteiger partial charge in [-0.3, -0.25) is 5.10 Å². The molecule has 0 aliphatic heterocycles. The van der Waals surface area contributed by atoms with Gasteiger partial charge < -0.3 is 5.73 Å². The topological polar surface area (TPSA) is 67.6 Å². The molecule has 1 aromatic carbocycles. The maximum Gasteiger partial charge on any atom is 0.181 e. The second kappa shape index (κ2) is 5.31. The monoisotopic (exact) mass is 276 g/mol. The Bertz CT molecular complexity index is 541. The van der Waals surface area contributed by atoms with E-state index >= 15 is 0 Å². The van der Waals surface area contributed by atoms with Crippen LogP contribution in [0.3, 0.4) is 0 Å². The SMILES string of the molecule is NC1CCC(c2nc(-c3ccc(Cl)cc3)n[nH]2)CC1. The second-order valence-electron chi connectivity index (χ2n) is 5.16. The number of nitrogens with two attached hydrogens (primary N) is 1. The van der Waals surface area contributed by atoms with Crippen LogP contribution in [0.5, 0.6) is 0 Å². The minimum absolute atomic E-state index is 0.356. The Hall–Kier alpha value is -1.39. The van der Waals surface area contributed by atoms with Crippen molar-refractivity contribution in [1.82, 2.24) is 15.2 Å². The van der Waals surface area contributed by atoms with Gasteiger partial charge in [-0.25, -0.2) is 4.98 Å². The van der Waals surface area contributed by atoms with Crippen molar-refractivity contribution in [2.24, 2.45) is 5.73 Å². The summed E-state index contributed by atoms with van der Waals surface area (Å²) in [6.45, 7) is 0. The molecule has 1 aliphatic carbocycles. The molecular formula is C14H17ClN4. The van der Waals surface area contributed by atoms with E-state index in [1.54, 1.807) is 0 Å². The van der Waals surface area contributed by atoms with Gasteiger partial charge in [-0.1, -0.05) is 11.6 Å². The van der Waals surface area contributed by atoms with Crippen molar-refractivity contribution in [3.63, 3.8) is 0 Å². The van der Waals surface area contributed by atoms with Crippen LogP contribution >= 0.6 is 11.6 Å². The Balaban J connectivity index is 1.77. The number of hydrogen-bond acceptors (Lipinski definition) is 3. The fraction of sp³-hybridized carbons (Fsp3) is 0.429. The van der Waals surface area contributed by atoms with Crippen molar-refractivity contribution in [3.8, 4) is 11.4 Å². The normalized spacial score (nSPS) is 23.5. The third kappa shape index (κ3) is 2.80. The molecule has 5 heteroatoms. The molecule has 1 aliphatic rings. The zero-order valence-electron chi connectivity index (χ0n) is 10.6. The van der Waals surface area contributed by atoms with Gasteiger partial charge in [0.15, 0.2) is 5.82 Å². The molecule has 100 valence electrons. The van der Waals surface area contributed by atoms with Crippen LogP contribution in [0.1, 0.15) is 37.4 Å². The summed E-state index contributed by atoms with van der Waals surface area (Å²) in [6.07, 6.45) is 4.33. The van der Waals surface area contributed by atoms with Gasteiger partial charge in [0, 0.05) is 22.5 Å². The molecule has 1 saturated carbocycles. The first-order chi connectivity index (χ1) is 9.22. The summed E-state index contributed by atoms with van der Waals surface area (Å²) in [6, 6.07) is 7.94. The zero-order valence-corrected chi connectivity index (χ0v) is 11.4. The first kappa shape index (κ1) is 12.6. The molecule has 0 radical (unpaired) electrons. The van der Waals surface area contributed by atoms with Crippen molar-refractivity contribution in [2.45, 2.75) is 37.6 Å². The number of benzene rings is 1. The number of hydrogen-bond donors (Lipinski definition) is 2. The Kier molecular flexibility index (Phi) is 3.53. The molecule has 0 amide bonds. The van der Waals surface area contributed by atoms with Crippen LogP contribution in [-0.2, 0) is 0 Å². The molecule has 0 spiro atoms. The van der Waals surface area contributed by atoms with E-state index in [9.17, 15) is 0 Å². The zero-order chi connectivity index (χ0) is 13.2. The highest BCUT2D eigenvalue weighted by Crippen LogP contribution is 2.31. The Morgan fingerprint density at radius 1 is 1.11 bits per heavy atom. The van der Waals surface area contributed by atoms with E-state index in [4.69, 9.17) is 17.3 Å². The number of nitrogens with one attached hydrogen (secondary N) is 1. The molecule has 0 atom stereocenters. The molecule has 0 unspecified atom stereocenters. The third-order valence-electron chi connectivity index (χ3n) is 3.76. The van der Waals surface area contributed by atoms with Gasteiger partial charge in [0.1, 0.15) is 5.82 Å². The van der Waals surface area contributed by atoms with E-state index in [0.29, 0.717) is 12.0 Å². The number of aromatic amines is 1. The number of halogens is 1. The molecule has 2 aromatic rings. The standard InChI is InChI=1S/C14H17ClN4/c15-11-5-1-9(2-6-11)13-17-14(19-18-13)10-3-7-12(16)8-4-10/h1-2,5-6,10,12H,3-4,7-8,16H2,(H,17,18,19). The Morgan fingerprint density at radius 2 is 1.79 bits per heavy atom. The quantitative estimate of drug-likeness (QED) is 0.886. The predicted molar refractivity (Wildman–Crippen MR) is 76.0 cm³/mol. The Morgan fingerprint density at radius 3 is 2.47 bits per heavy atom. The first-order valence-electron chi connectivity index (χ1n) is 6.66. The van der Waals surface area contributed by atoms with Gasteiger partial charge in [0.25, 0.3) is 0 Å². The molecule has 19 heavy (non-hydrogen) atoms. The maximum absolute atomic E-state index is 5.93. The van der Waals surface area contributed by atoms with Crippen LogP contribution < -0.4 is 5.73 Å². The minimum Gasteiger partial charge on any atom is -0.328 e. The van der Waals surface area contributed by atoms with Gasteiger partial charge in [0.05, 0.1) is 0 Å². The lowest BCUT2D eigenvalue weighted by molar-refractivity contribution is 0.385. The predicted octanol–water partition coefficient (Wildman–Crippen LogP) is 3.11. The van der Waals surface area contributed by atoms with E-state index in [2.05, 4.69) is 15.2 Å². The number of H-pyrrole nitrogens is 1. The highest BCUT2D eigenvalue weighted by atomic mass is 35.5. The molecular weight excluding hydrogens is 260 g/mol. The van der Waals surface area contributed by atoms with Crippen molar-refractivity contribution in [2.75, 3.05) is 0 Å². The molecule has 0 saturated heterocycles. The number of nitrogens with zero attached hydrogens (tertiary/aromatic N) is 2. The number of rotatable bonds is 2. The van der Waals surface area contributed by atoms with E-state index in [1.807, 2.05) is 24.3 Å². The molecule has 4 nitrogen and oxygen atoms in total. The van der Waals surface area contributed by atoms with Crippen molar-refractivity contribution >= 4 is 11.6 Å². The average molecular weight is 277 g/mol. The highest BCUT2D eigenvalue weighted by Gasteiger charge is 2.22. The average Bonchev–Trinajstić information content (AvgIpc) is 2.90. The molecule has 1 heterocycles. The van der Waals surface area contributed by atoms with E-state index in [0.717, 1.165) is 47.9 Å². The van der Waals surface area contributed by atoms with Crippen LogP contribution in [0.2, 0.25) is 5.02 Å². The molecule has 1 fully saturated rings. The maximum atomic E-state index is 5.93. The summed E-state index contributed by atoms with van der Waals surface area (Å²) in [5.74, 6) is 2.19. The van der Waals surface area contributed by atoms with Gasteiger partial charge >= 0.3 is 0 Å². The van der Waals surface area contributed by atoms with E-state index in [1.165, 1.54) is 0 Å². The summed E-state index contributed by atoms with van der Waals surface area (Å²) in [5.41, 5.74) is 6.91. The summed E-state index contributed by atoms with van der Waals surface area (Å²) in [7, 11) is 0. The van der Waals surface area contributed by atoms with Crippen molar-refractivity contribution in [3.05, 3.63) is 35.1 Å². The van der Waals surface area contributed by atoms with Crippen molar-refractivity contribution < 1.29 is 0 Å². The first-order valence-corrected chi connectivity index (χ1v) is 7.04. The summed E-state index contributed by atoms with van der Waals surface area (Å²) in [4.78, 5) is 4.61. The van der Waals surface area contributed by atoms with Gasteiger partial charge in [-0.15, -0.1) is 0 Å². The van der Waals surface area contributed by atoms with Crippen LogP contribution in [0.4, 0.5) is 0 Å². The Labute approximate surface area is 117 Å². The summed E-state index contributed by atoms with van der Waals surface area (Å²) < 4.78 is 0. The summed E-state index contributed by atoms with van der Waals surface area (Å²) in [5, 5.41) is 8.09. The van der Waals surface area contributed by atoms with Crippen LogP contribution in [0.15, 0.2) is 24.3 Å². The smallest absolute Gasteiger partial charge is 0.181 e. The lowest BCUT2D eigenvalue weighted by atomic mass is 9.86. The molecule has 0 bridgehead atoms. The molecule has 3 rings (SSSR count). The van der Waals surface area contributed by atoms with Gasteiger partial charge in [-0.05, 0) is 49.9 Å². The summed E-state index contributed by atoms with van der Waals surface area (Å²) >= 11 is 5.88. The van der Waals surface area contributed by atoms with E-state index < -0.39 is 0 Å². The lowest BCUT2D eigenvalue weighted by Crippen LogP contribution is -2.26. The lowest BCUT2D eigenvalue weighted by Gasteiger charge is -2.23. The second-order valence-corrected chi connectivity index (χ2v) is 5.60. The number of aromatic nitrogens is 3. The third-order valence-corrected chi connectivity index (χ3v) is 4.02. The molecule has 3 N–H and O–H groups in total. The van der Waals surface area contributed by atoms with Crippen LogP contribution in [-0.4, -0.2) is 21.2 Å². The van der Waals surface area contributed by atoms with Crippen LogP contribution in [0, 0.1) is 0 Å². The fourth-order valence-electron chi connectivity index (χ4n) is 2.58. The van der Waals surface area contributed by atoms with Crippen molar-refractivity contribution in [1.29, 1.82) is 0 Å². The van der Waals surface area contributed by atoms with Crippen LogP contribution in [0.25, 0.3) is 11.4 Å². The highest BCUT2D eigenvalue weighted by molar-refractivity contribution is 6.30. The largest absolute Gasteiger partial charge is 0.328 e. The molecule has 1 aromatic heterocycles. The fourth-order valence-corrected chi connectivity index (χ4v) is 2.70. The van der Waals surface area contributed by atoms with Gasteiger partial charge in [-0.2, -0.15) is 5.10 Å². The van der Waals surface area contributed by atoms with Gasteiger partial charge in [0.2, 0.25) is 0 Å². The minimum atomic E-state index is 0.356.